The predicted molar refractivity (Wildman–Crippen MR) is 107 cm³/mol. The van der Waals surface area contributed by atoms with E-state index in [0.29, 0.717) is 27.1 Å². The van der Waals surface area contributed by atoms with Gasteiger partial charge in [-0.15, -0.1) is 0 Å². The van der Waals surface area contributed by atoms with E-state index in [1.165, 1.54) is 30.8 Å². The number of esters is 1. The van der Waals surface area contributed by atoms with Crippen molar-refractivity contribution in [1.82, 2.24) is 10.4 Å². The minimum atomic E-state index is -0.541. The van der Waals surface area contributed by atoms with E-state index < -0.39 is 11.9 Å². The molecular weight excluding hydrogens is 426 g/mol. The zero-order chi connectivity index (χ0) is 19.8. The van der Waals surface area contributed by atoms with Crippen LogP contribution in [-0.4, -0.2) is 23.1 Å². The lowest BCUT2D eigenvalue weighted by molar-refractivity contribution is -0.128. The van der Waals surface area contributed by atoms with Crippen LogP contribution < -0.4 is 10.2 Å². The van der Waals surface area contributed by atoms with Crippen molar-refractivity contribution in [3.8, 4) is 5.75 Å². The summed E-state index contributed by atoms with van der Waals surface area (Å²) in [5.41, 5.74) is 3.43. The van der Waals surface area contributed by atoms with Crippen molar-refractivity contribution in [2.24, 2.45) is 5.10 Å². The SMILES string of the molecule is O=C(C=Cc1ccco1)Oc1cccc(C=NNC(=O)c2cncc(Br)c2)c1. The molecule has 0 atom stereocenters. The van der Waals surface area contributed by atoms with Crippen LogP contribution in [0.4, 0.5) is 0 Å². The van der Waals surface area contributed by atoms with Gasteiger partial charge in [-0.1, -0.05) is 12.1 Å². The lowest BCUT2D eigenvalue weighted by atomic mass is 10.2. The average molecular weight is 440 g/mol. The van der Waals surface area contributed by atoms with Gasteiger partial charge in [0.05, 0.1) is 18.0 Å². The summed E-state index contributed by atoms with van der Waals surface area (Å²) in [7, 11) is 0. The molecule has 0 fully saturated rings. The average Bonchev–Trinajstić information content (AvgIpc) is 3.20. The maximum Gasteiger partial charge on any atom is 0.336 e. The van der Waals surface area contributed by atoms with Crippen LogP contribution in [0.25, 0.3) is 6.08 Å². The highest BCUT2D eigenvalue weighted by molar-refractivity contribution is 9.10. The molecule has 7 nitrogen and oxygen atoms in total. The van der Waals surface area contributed by atoms with Gasteiger partial charge in [-0.3, -0.25) is 9.78 Å². The topological polar surface area (TPSA) is 93.8 Å². The van der Waals surface area contributed by atoms with Crippen molar-refractivity contribution >= 4 is 40.1 Å². The van der Waals surface area contributed by atoms with Crippen LogP contribution >= 0.6 is 15.9 Å². The molecule has 28 heavy (non-hydrogen) atoms. The van der Waals surface area contributed by atoms with E-state index in [9.17, 15) is 9.59 Å². The van der Waals surface area contributed by atoms with Gasteiger partial charge < -0.3 is 9.15 Å². The van der Waals surface area contributed by atoms with Crippen LogP contribution in [0.15, 0.2) is 81.2 Å². The second-order valence-electron chi connectivity index (χ2n) is 5.43. The first-order valence-corrected chi connectivity index (χ1v) is 8.87. The van der Waals surface area contributed by atoms with E-state index in [1.54, 1.807) is 48.7 Å². The van der Waals surface area contributed by atoms with Gasteiger partial charge in [0, 0.05) is 22.9 Å². The van der Waals surface area contributed by atoms with Crippen molar-refractivity contribution in [2.45, 2.75) is 0 Å². The molecule has 8 heteroatoms. The second kappa shape index (κ2) is 9.43. The minimum absolute atomic E-state index is 0.348. The summed E-state index contributed by atoms with van der Waals surface area (Å²) in [6.07, 6.45) is 8.76. The quantitative estimate of drug-likeness (QED) is 0.207. The monoisotopic (exact) mass is 439 g/mol. The number of carbonyl (C=O) groups excluding carboxylic acids is 2. The van der Waals surface area contributed by atoms with Gasteiger partial charge in [0.2, 0.25) is 0 Å². The van der Waals surface area contributed by atoms with Crippen molar-refractivity contribution < 1.29 is 18.7 Å². The molecule has 0 unspecified atom stereocenters. The van der Waals surface area contributed by atoms with Crippen LogP contribution in [0, 0.1) is 0 Å². The smallest absolute Gasteiger partial charge is 0.336 e. The van der Waals surface area contributed by atoms with Crippen LogP contribution in [0.1, 0.15) is 21.7 Å². The lowest BCUT2D eigenvalue weighted by Gasteiger charge is -2.02. The van der Waals surface area contributed by atoms with Crippen LogP contribution in [0.2, 0.25) is 0 Å². The number of nitrogens with zero attached hydrogens (tertiary/aromatic N) is 2. The van der Waals surface area contributed by atoms with Gasteiger partial charge in [-0.05, 0) is 57.9 Å². The maximum atomic E-state index is 12.0. The van der Waals surface area contributed by atoms with E-state index >= 15 is 0 Å². The molecule has 0 aliphatic rings. The van der Waals surface area contributed by atoms with Gasteiger partial charge in [0.15, 0.2) is 0 Å². The fraction of sp³-hybridized carbons (Fsp3) is 0. The Labute approximate surface area is 168 Å². The predicted octanol–water partition coefficient (Wildman–Crippen LogP) is 3.82. The Balaban J connectivity index is 1.57. The molecular formula is C20H14BrN3O4. The lowest BCUT2D eigenvalue weighted by Crippen LogP contribution is -2.17. The standard InChI is InChI=1S/C20H14BrN3O4/c21-16-10-15(12-22-13-16)20(26)24-23-11-14-3-1-4-18(9-14)28-19(25)7-6-17-5-2-8-27-17/h1-13H,(H,24,26). The number of amides is 1. The van der Waals surface area contributed by atoms with Crippen LogP contribution in [0.3, 0.4) is 0 Å². The molecule has 0 saturated heterocycles. The highest BCUT2D eigenvalue weighted by Crippen LogP contribution is 2.13. The van der Waals surface area contributed by atoms with Gasteiger partial charge >= 0.3 is 5.97 Å². The second-order valence-corrected chi connectivity index (χ2v) is 6.35. The first-order chi connectivity index (χ1) is 13.6. The number of hydrazone groups is 1. The molecule has 1 N–H and O–H groups in total. The Morgan fingerprint density at radius 2 is 2.07 bits per heavy atom. The zero-order valence-electron chi connectivity index (χ0n) is 14.4. The molecule has 1 amide bonds. The summed E-state index contributed by atoms with van der Waals surface area (Å²) in [5, 5.41) is 3.90. The van der Waals surface area contributed by atoms with Crippen LogP contribution in [-0.2, 0) is 4.79 Å². The largest absolute Gasteiger partial charge is 0.465 e. The van der Waals surface area contributed by atoms with E-state index in [-0.39, 0.29) is 0 Å². The molecule has 0 aliphatic carbocycles. The molecule has 0 radical (unpaired) electrons. The summed E-state index contributed by atoms with van der Waals surface area (Å²) in [6, 6.07) is 11.8. The van der Waals surface area contributed by atoms with Gasteiger partial charge in [0.25, 0.3) is 5.91 Å². The van der Waals surface area contributed by atoms with E-state index in [2.05, 4.69) is 31.4 Å². The molecule has 3 aromatic rings. The van der Waals surface area contributed by atoms with Crippen molar-refractivity contribution in [1.29, 1.82) is 0 Å². The molecule has 140 valence electrons. The number of carbonyl (C=O) groups is 2. The molecule has 2 heterocycles. The van der Waals surface area contributed by atoms with Crippen LogP contribution in [0.5, 0.6) is 5.75 Å². The normalized spacial score (nSPS) is 11.0. The van der Waals surface area contributed by atoms with Crippen molar-refractivity contribution in [3.05, 3.63) is 88.6 Å². The molecule has 0 saturated carbocycles. The first kappa shape index (κ1) is 19.2. The highest BCUT2D eigenvalue weighted by atomic mass is 79.9. The number of furan rings is 1. The summed E-state index contributed by atoms with van der Waals surface area (Å²) < 4.78 is 11.0. The van der Waals surface area contributed by atoms with Crippen molar-refractivity contribution in [3.63, 3.8) is 0 Å². The number of ether oxygens (including phenoxy) is 1. The Bertz CT molecular complexity index is 1030. The molecule has 0 bridgehead atoms. The van der Waals surface area contributed by atoms with E-state index in [4.69, 9.17) is 9.15 Å². The number of rotatable bonds is 6. The highest BCUT2D eigenvalue weighted by Gasteiger charge is 2.05. The number of benzene rings is 1. The Morgan fingerprint density at radius 1 is 1.18 bits per heavy atom. The molecule has 0 aliphatic heterocycles. The minimum Gasteiger partial charge on any atom is -0.465 e. The molecule has 2 aromatic heterocycles. The first-order valence-electron chi connectivity index (χ1n) is 8.07. The van der Waals surface area contributed by atoms with E-state index in [0.717, 1.165) is 0 Å². The van der Waals surface area contributed by atoms with E-state index in [1.807, 2.05) is 0 Å². The summed E-state index contributed by atoms with van der Waals surface area (Å²) >= 11 is 3.25. The summed E-state index contributed by atoms with van der Waals surface area (Å²) in [5.74, 6) is -0.0357. The zero-order valence-corrected chi connectivity index (χ0v) is 16.0. The van der Waals surface area contributed by atoms with Crippen molar-refractivity contribution in [2.75, 3.05) is 0 Å². The Kier molecular flexibility index (Phi) is 6.48. The fourth-order valence-electron chi connectivity index (χ4n) is 2.11. The number of halogens is 1. The summed E-state index contributed by atoms with van der Waals surface area (Å²) in [6.45, 7) is 0. The number of nitrogens with one attached hydrogen (secondary N) is 1. The summed E-state index contributed by atoms with van der Waals surface area (Å²) in [4.78, 5) is 27.8. The van der Waals surface area contributed by atoms with Gasteiger partial charge in [-0.25, -0.2) is 10.2 Å². The third kappa shape index (κ3) is 5.75. The third-order valence-corrected chi connectivity index (χ3v) is 3.78. The number of hydrogen-bond donors (Lipinski definition) is 1. The van der Waals surface area contributed by atoms with Gasteiger partial charge in [0.1, 0.15) is 11.5 Å². The molecule has 1 aromatic carbocycles. The Hall–Kier alpha value is -3.52. The number of pyridine rings is 1. The number of hydrogen-bond acceptors (Lipinski definition) is 6. The number of aromatic nitrogens is 1. The Morgan fingerprint density at radius 3 is 2.86 bits per heavy atom. The molecule has 3 rings (SSSR count). The maximum absolute atomic E-state index is 12.0. The molecule has 0 spiro atoms. The van der Waals surface area contributed by atoms with Gasteiger partial charge in [-0.2, -0.15) is 5.10 Å². The third-order valence-electron chi connectivity index (χ3n) is 3.35. The fourth-order valence-corrected chi connectivity index (χ4v) is 2.48.